The molecule has 82 valence electrons. The van der Waals surface area contributed by atoms with Gasteiger partial charge in [0.05, 0.1) is 0 Å². The molecule has 1 aromatic rings. The molecule has 0 spiro atoms. The molecular formula is C10H9F3O2. The molecule has 0 aromatic heterocycles. The van der Waals surface area contributed by atoms with Crippen molar-refractivity contribution < 1.29 is 22.6 Å². The molecule has 0 bridgehead atoms. The van der Waals surface area contributed by atoms with Gasteiger partial charge in [-0.1, -0.05) is 6.07 Å². The van der Waals surface area contributed by atoms with E-state index in [1.807, 2.05) is 0 Å². The van der Waals surface area contributed by atoms with Crippen LogP contribution < -0.4 is 9.47 Å². The highest BCUT2D eigenvalue weighted by Gasteiger charge is 2.60. The zero-order chi connectivity index (χ0) is 11.3. The minimum absolute atomic E-state index is 0.00840. The molecule has 1 aliphatic heterocycles. The number of hydrogen-bond donors (Lipinski definition) is 0. The molecule has 0 saturated carbocycles. The Bertz CT molecular complexity index is 402. The predicted octanol–water partition coefficient (Wildman–Crippen LogP) is 3.04. The van der Waals surface area contributed by atoms with Crippen molar-refractivity contribution in [3.63, 3.8) is 0 Å². The van der Waals surface area contributed by atoms with E-state index in [9.17, 15) is 13.2 Å². The average molecular weight is 218 g/mol. The van der Waals surface area contributed by atoms with Crippen LogP contribution in [0.15, 0.2) is 18.2 Å². The Kier molecular flexibility index (Phi) is 1.90. The van der Waals surface area contributed by atoms with Crippen LogP contribution in [0.2, 0.25) is 0 Å². The molecule has 1 unspecified atom stereocenters. The fraction of sp³-hybridized carbons (Fsp3) is 0.400. The first-order valence-electron chi connectivity index (χ1n) is 4.37. The SMILES string of the molecule is Cc1ccc2c(c1)OC(C)(F)C(F)(F)O2. The van der Waals surface area contributed by atoms with Gasteiger partial charge in [0.1, 0.15) is 0 Å². The number of benzene rings is 1. The fourth-order valence-corrected chi connectivity index (χ4v) is 1.27. The highest BCUT2D eigenvalue weighted by molar-refractivity contribution is 5.44. The van der Waals surface area contributed by atoms with E-state index in [1.54, 1.807) is 13.0 Å². The summed E-state index contributed by atoms with van der Waals surface area (Å²) in [6, 6.07) is 4.36. The number of alkyl halides is 3. The van der Waals surface area contributed by atoms with E-state index in [4.69, 9.17) is 0 Å². The highest BCUT2D eigenvalue weighted by Crippen LogP contribution is 2.45. The van der Waals surface area contributed by atoms with Crippen molar-refractivity contribution >= 4 is 0 Å². The van der Waals surface area contributed by atoms with Crippen molar-refractivity contribution in [2.45, 2.75) is 25.8 Å². The Morgan fingerprint density at radius 1 is 1.07 bits per heavy atom. The van der Waals surface area contributed by atoms with Crippen molar-refractivity contribution in [1.29, 1.82) is 0 Å². The van der Waals surface area contributed by atoms with Gasteiger partial charge < -0.3 is 9.47 Å². The Morgan fingerprint density at radius 3 is 2.40 bits per heavy atom. The van der Waals surface area contributed by atoms with Crippen molar-refractivity contribution in [3.05, 3.63) is 23.8 Å². The summed E-state index contributed by atoms with van der Waals surface area (Å²) < 4.78 is 48.3. The predicted molar refractivity (Wildman–Crippen MR) is 46.9 cm³/mol. The molecule has 5 heteroatoms. The molecule has 0 aliphatic carbocycles. The summed E-state index contributed by atoms with van der Waals surface area (Å²) >= 11 is 0. The highest BCUT2D eigenvalue weighted by atomic mass is 19.3. The summed E-state index contributed by atoms with van der Waals surface area (Å²) in [5.41, 5.74) is 0.776. The quantitative estimate of drug-likeness (QED) is 0.666. The minimum Gasteiger partial charge on any atom is -0.446 e. The molecule has 15 heavy (non-hydrogen) atoms. The first kappa shape index (κ1) is 10.1. The van der Waals surface area contributed by atoms with Crippen LogP contribution >= 0.6 is 0 Å². The summed E-state index contributed by atoms with van der Waals surface area (Å²) in [4.78, 5) is 0. The average Bonchev–Trinajstić information content (AvgIpc) is 2.07. The lowest BCUT2D eigenvalue weighted by molar-refractivity contribution is -0.332. The Balaban J connectivity index is 2.47. The van der Waals surface area contributed by atoms with E-state index in [0.29, 0.717) is 6.92 Å². The maximum atomic E-state index is 13.4. The summed E-state index contributed by atoms with van der Waals surface area (Å²) in [6.45, 7) is 2.38. The lowest BCUT2D eigenvalue weighted by Gasteiger charge is -2.35. The number of fused-ring (bicyclic) bond motifs is 1. The number of ether oxygens (including phenoxy) is 2. The van der Waals surface area contributed by atoms with Gasteiger partial charge in [-0.25, -0.2) is 0 Å². The van der Waals surface area contributed by atoms with Crippen molar-refractivity contribution in [2.24, 2.45) is 0 Å². The van der Waals surface area contributed by atoms with Gasteiger partial charge in [0.15, 0.2) is 11.5 Å². The van der Waals surface area contributed by atoms with E-state index in [1.165, 1.54) is 12.1 Å². The lowest BCUT2D eigenvalue weighted by Crippen LogP contribution is -2.53. The van der Waals surface area contributed by atoms with Gasteiger partial charge >= 0.3 is 12.0 Å². The second-order valence-corrected chi connectivity index (χ2v) is 3.59. The lowest BCUT2D eigenvalue weighted by atomic mass is 10.2. The summed E-state index contributed by atoms with van der Waals surface area (Å²) in [5.74, 6) is -3.31. The van der Waals surface area contributed by atoms with Gasteiger partial charge in [0, 0.05) is 6.92 Å². The van der Waals surface area contributed by atoms with Crippen molar-refractivity contribution in [1.82, 2.24) is 0 Å². The molecule has 1 aliphatic rings. The van der Waals surface area contributed by atoms with Crippen molar-refractivity contribution in [2.75, 3.05) is 0 Å². The molecule has 0 radical (unpaired) electrons. The molecule has 1 aromatic carbocycles. The molecule has 1 atom stereocenters. The molecule has 2 nitrogen and oxygen atoms in total. The zero-order valence-corrected chi connectivity index (χ0v) is 8.18. The first-order chi connectivity index (χ1) is 6.82. The second-order valence-electron chi connectivity index (χ2n) is 3.59. The van der Waals surface area contributed by atoms with Gasteiger partial charge in [-0.3, -0.25) is 0 Å². The molecular weight excluding hydrogens is 209 g/mol. The minimum atomic E-state index is -3.98. The third kappa shape index (κ3) is 1.52. The normalized spacial score (nSPS) is 27.5. The van der Waals surface area contributed by atoms with Gasteiger partial charge in [-0.05, 0) is 24.6 Å². The summed E-state index contributed by atoms with van der Waals surface area (Å²) in [6.07, 6.45) is -3.98. The fourth-order valence-electron chi connectivity index (χ4n) is 1.27. The molecule has 1 heterocycles. The van der Waals surface area contributed by atoms with Crippen LogP contribution in [0, 0.1) is 6.92 Å². The smallest absolute Gasteiger partial charge is 0.446 e. The van der Waals surface area contributed by atoms with E-state index in [2.05, 4.69) is 9.47 Å². The Morgan fingerprint density at radius 2 is 1.73 bits per heavy atom. The Hall–Kier alpha value is -1.39. The van der Waals surface area contributed by atoms with Gasteiger partial charge in [0.2, 0.25) is 0 Å². The number of hydrogen-bond acceptors (Lipinski definition) is 2. The van der Waals surface area contributed by atoms with Gasteiger partial charge in [-0.15, -0.1) is 0 Å². The topological polar surface area (TPSA) is 18.5 Å². The van der Waals surface area contributed by atoms with Crippen LogP contribution in [0.3, 0.4) is 0 Å². The molecule has 2 rings (SSSR count). The molecule has 0 amide bonds. The number of rotatable bonds is 0. The molecule has 0 saturated heterocycles. The maximum Gasteiger partial charge on any atom is 0.471 e. The monoisotopic (exact) mass is 218 g/mol. The maximum absolute atomic E-state index is 13.4. The standard InChI is InChI=1S/C10H9F3O2/c1-6-3-4-7-8(5-6)14-9(2,11)10(12,13)15-7/h3-5H,1-2H3. The Labute approximate surface area is 84.6 Å². The zero-order valence-electron chi connectivity index (χ0n) is 8.18. The van der Waals surface area contributed by atoms with E-state index >= 15 is 0 Å². The van der Waals surface area contributed by atoms with E-state index in [-0.39, 0.29) is 11.5 Å². The van der Waals surface area contributed by atoms with Gasteiger partial charge in [0.25, 0.3) is 0 Å². The molecule has 0 fully saturated rings. The summed E-state index contributed by atoms with van der Waals surface area (Å²) in [5, 5.41) is 0. The van der Waals surface area contributed by atoms with Crippen LogP contribution in [-0.2, 0) is 0 Å². The van der Waals surface area contributed by atoms with Crippen LogP contribution in [0.5, 0.6) is 11.5 Å². The number of aryl methyl sites for hydroxylation is 1. The molecule has 0 N–H and O–H groups in total. The van der Waals surface area contributed by atoms with Crippen LogP contribution in [0.4, 0.5) is 13.2 Å². The van der Waals surface area contributed by atoms with Crippen LogP contribution in [-0.4, -0.2) is 12.0 Å². The van der Waals surface area contributed by atoms with Crippen LogP contribution in [0.1, 0.15) is 12.5 Å². The third-order valence-electron chi connectivity index (χ3n) is 2.16. The third-order valence-corrected chi connectivity index (χ3v) is 2.16. The largest absolute Gasteiger partial charge is 0.471 e. The number of halogens is 3. The van der Waals surface area contributed by atoms with Crippen molar-refractivity contribution in [3.8, 4) is 11.5 Å². The first-order valence-corrected chi connectivity index (χ1v) is 4.37. The van der Waals surface area contributed by atoms with Gasteiger partial charge in [-0.2, -0.15) is 13.2 Å². The van der Waals surface area contributed by atoms with E-state index < -0.39 is 12.0 Å². The second kappa shape index (κ2) is 2.81. The van der Waals surface area contributed by atoms with E-state index in [0.717, 1.165) is 5.56 Å². The van der Waals surface area contributed by atoms with Crippen LogP contribution in [0.25, 0.3) is 0 Å². The summed E-state index contributed by atoms with van der Waals surface area (Å²) in [7, 11) is 0.